The van der Waals surface area contributed by atoms with Crippen molar-refractivity contribution in [1.29, 1.82) is 0 Å². The van der Waals surface area contributed by atoms with Gasteiger partial charge in [-0.15, -0.1) is 11.8 Å². The highest BCUT2D eigenvalue weighted by Gasteiger charge is 2.56. The summed E-state index contributed by atoms with van der Waals surface area (Å²) in [5.41, 5.74) is 1.70. The maximum Gasteiger partial charge on any atom is 0.329 e. The summed E-state index contributed by atoms with van der Waals surface area (Å²) in [6, 6.07) is 7.10. The van der Waals surface area contributed by atoms with Gasteiger partial charge in [0.15, 0.2) is 0 Å². The van der Waals surface area contributed by atoms with Crippen LogP contribution in [0.25, 0.3) is 0 Å². The molecule has 3 rings (SSSR count). The fourth-order valence-electron chi connectivity index (χ4n) is 2.84. The van der Waals surface area contributed by atoms with Gasteiger partial charge < -0.3 is 9.64 Å². The van der Waals surface area contributed by atoms with Crippen LogP contribution in [0.3, 0.4) is 0 Å². The first kappa shape index (κ1) is 12.5. The highest BCUT2D eigenvalue weighted by atomic mass is 32.2. The maximum atomic E-state index is 12.5. The van der Waals surface area contributed by atoms with Crippen molar-refractivity contribution in [1.82, 2.24) is 4.90 Å². The number of thioether (sulfide) groups is 1. The van der Waals surface area contributed by atoms with Gasteiger partial charge in [0.1, 0.15) is 10.9 Å². The van der Waals surface area contributed by atoms with Crippen molar-refractivity contribution in [3.8, 4) is 0 Å². The minimum atomic E-state index is -0.477. The standard InChI is InChI=1S/C14H15NO3S/c1-3-18-13(17)11-8-19-14(2)10-7-5-4-6-9(10)12(16)15(11)14/h4-7,11H,3,8H2,1-2H3/t11-,14-/m1/s1. The van der Waals surface area contributed by atoms with E-state index in [1.165, 1.54) is 0 Å². The molecule has 2 heterocycles. The van der Waals surface area contributed by atoms with Crippen molar-refractivity contribution in [2.45, 2.75) is 24.8 Å². The molecule has 0 N–H and O–H groups in total. The molecule has 2 aliphatic heterocycles. The lowest BCUT2D eigenvalue weighted by Gasteiger charge is -2.30. The highest BCUT2D eigenvalue weighted by molar-refractivity contribution is 8.00. The lowest BCUT2D eigenvalue weighted by atomic mass is 10.1. The van der Waals surface area contributed by atoms with Gasteiger partial charge in [-0.2, -0.15) is 0 Å². The third-order valence-corrected chi connectivity index (χ3v) is 5.19. The molecule has 0 spiro atoms. The van der Waals surface area contributed by atoms with E-state index in [4.69, 9.17) is 4.74 Å². The molecule has 0 radical (unpaired) electrons. The molecular formula is C14H15NO3S. The molecule has 2 atom stereocenters. The Kier molecular flexibility index (Phi) is 2.82. The summed E-state index contributed by atoms with van der Waals surface area (Å²) in [6.07, 6.45) is 0. The van der Waals surface area contributed by atoms with Gasteiger partial charge in [0, 0.05) is 16.9 Å². The topological polar surface area (TPSA) is 46.6 Å². The van der Waals surface area contributed by atoms with Crippen LogP contribution in [0.5, 0.6) is 0 Å². The number of fused-ring (bicyclic) bond motifs is 3. The molecule has 1 aromatic rings. The van der Waals surface area contributed by atoms with E-state index in [-0.39, 0.29) is 11.9 Å². The molecule has 0 aromatic heterocycles. The normalized spacial score (nSPS) is 28.2. The van der Waals surface area contributed by atoms with Crippen molar-refractivity contribution in [2.24, 2.45) is 0 Å². The summed E-state index contributed by atoms with van der Waals surface area (Å²) in [4.78, 5) is 25.7. The van der Waals surface area contributed by atoms with Crippen molar-refractivity contribution in [3.05, 3.63) is 35.4 Å². The number of carbonyl (C=O) groups excluding carboxylic acids is 2. The minimum absolute atomic E-state index is 0.0684. The largest absolute Gasteiger partial charge is 0.464 e. The van der Waals surface area contributed by atoms with Crippen molar-refractivity contribution < 1.29 is 14.3 Å². The van der Waals surface area contributed by atoms with Crippen LogP contribution < -0.4 is 0 Å². The van der Waals surface area contributed by atoms with E-state index in [1.54, 1.807) is 23.6 Å². The molecule has 4 nitrogen and oxygen atoms in total. The van der Waals surface area contributed by atoms with Crippen molar-refractivity contribution in [2.75, 3.05) is 12.4 Å². The smallest absolute Gasteiger partial charge is 0.329 e. The first-order valence-electron chi connectivity index (χ1n) is 6.33. The van der Waals surface area contributed by atoms with Gasteiger partial charge in [-0.25, -0.2) is 4.79 Å². The molecule has 0 saturated carbocycles. The number of amides is 1. The van der Waals surface area contributed by atoms with E-state index in [1.807, 2.05) is 31.2 Å². The zero-order chi connectivity index (χ0) is 13.6. The summed E-state index contributed by atoms with van der Waals surface area (Å²) in [6.45, 7) is 4.12. The second kappa shape index (κ2) is 4.27. The summed E-state index contributed by atoms with van der Waals surface area (Å²) in [7, 11) is 0. The minimum Gasteiger partial charge on any atom is -0.464 e. The van der Waals surface area contributed by atoms with Crippen LogP contribution in [0.15, 0.2) is 24.3 Å². The molecule has 0 bridgehead atoms. The number of nitrogens with zero attached hydrogens (tertiary/aromatic N) is 1. The van der Waals surface area contributed by atoms with Crippen LogP contribution in [0, 0.1) is 0 Å². The van der Waals surface area contributed by atoms with Crippen LogP contribution in [0.4, 0.5) is 0 Å². The Morgan fingerprint density at radius 3 is 3.00 bits per heavy atom. The van der Waals surface area contributed by atoms with E-state index in [9.17, 15) is 9.59 Å². The van der Waals surface area contributed by atoms with Gasteiger partial charge in [-0.3, -0.25) is 4.79 Å². The Hall–Kier alpha value is -1.49. The lowest BCUT2D eigenvalue weighted by molar-refractivity contribution is -0.148. The molecule has 5 heteroatoms. The number of benzene rings is 1. The third kappa shape index (κ3) is 1.61. The fourth-order valence-corrected chi connectivity index (χ4v) is 4.29. The maximum absolute atomic E-state index is 12.5. The van der Waals surface area contributed by atoms with Crippen LogP contribution in [0.2, 0.25) is 0 Å². The molecule has 1 amide bonds. The zero-order valence-electron chi connectivity index (χ0n) is 10.9. The van der Waals surface area contributed by atoms with Gasteiger partial charge in [-0.05, 0) is 19.9 Å². The second-order valence-electron chi connectivity index (χ2n) is 4.78. The Morgan fingerprint density at radius 2 is 2.26 bits per heavy atom. The summed E-state index contributed by atoms with van der Waals surface area (Å²) in [5.74, 6) is 0.219. The molecule has 100 valence electrons. The SMILES string of the molecule is CCOC(=O)[C@H]1CS[C@]2(C)c3ccccc3C(=O)N12. The fraction of sp³-hybridized carbons (Fsp3) is 0.429. The number of rotatable bonds is 2. The quantitative estimate of drug-likeness (QED) is 0.776. The molecule has 1 aromatic carbocycles. The van der Waals surface area contributed by atoms with Gasteiger partial charge in [-0.1, -0.05) is 18.2 Å². The Morgan fingerprint density at radius 1 is 1.53 bits per heavy atom. The monoisotopic (exact) mass is 277 g/mol. The number of hydrogen-bond donors (Lipinski definition) is 0. The van der Waals surface area contributed by atoms with Gasteiger partial charge >= 0.3 is 5.97 Å². The number of carbonyl (C=O) groups is 2. The van der Waals surface area contributed by atoms with Crippen LogP contribution >= 0.6 is 11.8 Å². The van der Waals surface area contributed by atoms with Crippen LogP contribution in [-0.4, -0.2) is 35.2 Å². The zero-order valence-corrected chi connectivity index (χ0v) is 11.7. The summed E-state index contributed by atoms with van der Waals surface area (Å²) in [5, 5.41) is 0. The number of hydrogen-bond acceptors (Lipinski definition) is 4. The Bertz CT molecular complexity index is 559. The molecular weight excluding hydrogens is 262 g/mol. The number of esters is 1. The van der Waals surface area contributed by atoms with Gasteiger partial charge in [0.2, 0.25) is 0 Å². The highest BCUT2D eigenvalue weighted by Crippen LogP contribution is 2.53. The molecule has 0 aliphatic carbocycles. The summed E-state index contributed by atoms with van der Waals surface area (Å²) < 4.78 is 5.08. The molecule has 2 aliphatic rings. The van der Waals surface area contributed by atoms with Crippen molar-refractivity contribution >= 4 is 23.6 Å². The molecule has 0 unspecified atom stereocenters. The molecule has 1 saturated heterocycles. The average molecular weight is 277 g/mol. The van der Waals surface area contributed by atoms with Gasteiger partial charge in [0.05, 0.1) is 6.61 Å². The second-order valence-corrected chi connectivity index (χ2v) is 6.20. The van der Waals surface area contributed by atoms with E-state index in [2.05, 4.69) is 0 Å². The lowest BCUT2D eigenvalue weighted by Crippen LogP contribution is -2.45. The van der Waals surface area contributed by atoms with Crippen LogP contribution in [0.1, 0.15) is 29.8 Å². The van der Waals surface area contributed by atoms with Crippen LogP contribution in [-0.2, 0) is 14.4 Å². The molecule has 1 fully saturated rings. The predicted molar refractivity (Wildman–Crippen MR) is 72.8 cm³/mol. The van der Waals surface area contributed by atoms with E-state index < -0.39 is 10.9 Å². The number of ether oxygens (including phenoxy) is 1. The first-order valence-corrected chi connectivity index (χ1v) is 7.32. The van der Waals surface area contributed by atoms with E-state index in [0.717, 1.165) is 5.56 Å². The average Bonchev–Trinajstić information content (AvgIpc) is 2.86. The first-order chi connectivity index (χ1) is 9.09. The summed E-state index contributed by atoms with van der Waals surface area (Å²) >= 11 is 1.63. The van der Waals surface area contributed by atoms with Gasteiger partial charge in [0.25, 0.3) is 5.91 Å². The van der Waals surface area contributed by atoms with Crippen molar-refractivity contribution in [3.63, 3.8) is 0 Å². The van der Waals surface area contributed by atoms with E-state index in [0.29, 0.717) is 17.9 Å². The predicted octanol–water partition coefficient (Wildman–Crippen LogP) is 1.99. The Balaban J connectivity index is 2.02. The van der Waals surface area contributed by atoms with E-state index >= 15 is 0 Å². The molecule has 19 heavy (non-hydrogen) atoms. The Labute approximate surface area is 116 Å². The third-order valence-electron chi connectivity index (χ3n) is 3.73.